The van der Waals surface area contributed by atoms with Crippen LogP contribution in [0.3, 0.4) is 0 Å². The van der Waals surface area contributed by atoms with Crippen LogP contribution in [0.4, 0.5) is 17.1 Å². The Labute approximate surface area is 337 Å². The molecule has 4 heteroatoms. The molecule has 2 aliphatic rings. The molecule has 0 unspecified atom stereocenters. The Morgan fingerprint density at radius 2 is 0.847 bits per heavy atom. The molecule has 9 aromatic carbocycles. The zero-order chi connectivity index (χ0) is 38.4. The van der Waals surface area contributed by atoms with Gasteiger partial charge in [0.1, 0.15) is 33.5 Å². The fourth-order valence-electron chi connectivity index (χ4n) is 10.8. The number of nitrogens with zero attached hydrogens (tertiary/aromatic N) is 1. The van der Waals surface area contributed by atoms with Crippen molar-refractivity contribution in [3.8, 4) is 22.3 Å². The molecule has 3 aromatic heterocycles. The number of rotatable bonds is 3. The lowest BCUT2D eigenvalue weighted by molar-refractivity contribution is 0.669. The summed E-state index contributed by atoms with van der Waals surface area (Å²) < 4.78 is 20.2. The van der Waals surface area contributed by atoms with Gasteiger partial charge in [-0.25, -0.2) is 0 Å². The Kier molecular flexibility index (Phi) is 5.93. The minimum Gasteiger partial charge on any atom is -0.456 e. The summed E-state index contributed by atoms with van der Waals surface area (Å²) in [5, 5.41) is 6.42. The summed E-state index contributed by atoms with van der Waals surface area (Å²) in [5.74, 6) is 0. The van der Waals surface area contributed by atoms with Crippen LogP contribution in [-0.4, -0.2) is 0 Å². The van der Waals surface area contributed by atoms with E-state index in [4.69, 9.17) is 13.3 Å². The SMILES string of the molecule is c1ccc2c(c1)-c1ccccc1C21c2ccccc2-c2c1ccc1c2oc2cccc(N(c3ccc4c(c3)oc3ccccc34)c3cccc4oc5ccccc5c34)c21. The zero-order valence-electron chi connectivity index (χ0n) is 31.6. The molecule has 0 fully saturated rings. The van der Waals surface area contributed by atoms with Gasteiger partial charge >= 0.3 is 0 Å². The van der Waals surface area contributed by atoms with Gasteiger partial charge in [-0.3, -0.25) is 0 Å². The first kappa shape index (κ1) is 31.3. The van der Waals surface area contributed by atoms with E-state index in [1.165, 1.54) is 38.9 Å². The van der Waals surface area contributed by atoms with Gasteiger partial charge in [0.25, 0.3) is 0 Å². The highest BCUT2D eigenvalue weighted by atomic mass is 16.3. The van der Waals surface area contributed by atoms with Crippen molar-refractivity contribution in [2.75, 3.05) is 4.90 Å². The highest BCUT2D eigenvalue weighted by molar-refractivity contribution is 6.20. The molecule has 274 valence electrons. The number of hydrogen-bond donors (Lipinski definition) is 0. The summed E-state index contributed by atoms with van der Waals surface area (Å²) >= 11 is 0. The van der Waals surface area contributed by atoms with Gasteiger partial charge < -0.3 is 18.2 Å². The molecule has 0 aliphatic heterocycles. The highest BCUT2D eigenvalue weighted by Crippen LogP contribution is 2.64. The van der Waals surface area contributed by atoms with Gasteiger partial charge in [0, 0.05) is 38.9 Å². The van der Waals surface area contributed by atoms with E-state index in [2.05, 4.69) is 169 Å². The standard InChI is InChI=1S/C55H31NO3/c1-6-18-40-33(13-1)34-14-2-7-19-41(34)55(40)42-20-8-3-16-37(42)51-43(55)30-29-39-53-45(22-12-26-49(53)59-54(39)51)56(32-27-28-36-35-15-4-9-23-46(35)58-50(36)31-32)44-21-11-25-48-52(44)38-17-5-10-24-47(38)57-48/h1-31H. The maximum Gasteiger partial charge on any atom is 0.143 e. The molecule has 0 saturated carbocycles. The summed E-state index contributed by atoms with van der Waals surface area (Å²) in [6.45, 7) is 0. The molecule has 59 heavy (non-hydrogen) atoms. The maximum atomic E-state index is 7.18. The van der Waals surface area contributed by atoms with Crippen LogP contribution < -0.4 is 4.90 Å². The van der Waals surface area contributed by atoms with Crippen molar-refractivity contribution >= 4 is 82.9 Å². The van der Waals surface area contributed by atoms with Crippen molar-refractivity contribution in [3.05, 3.63) is 210 Å². The van der Waals surface area contributed by atoms with Crippen molar-refractivity contribution < 1.29 is 13.3 Å². The Morgan fingerprint density at radius 1 is 0.339 bits per heavy atom. The summed E-state index contributed by atoms with van der Waals surface area (Å²) in [5.41, 5.74) is 17.8. The third kappa shape index (κ3) is 3.88. The number of para-hydroxylation sites is 2. The maximum absolute atomic E-state index is 7.18. The van der Waals surface area contributed by atoms with Crippen LogP contribution in [0.15, 0.2) is 201 Å². The molecule has 14 rings (SSSR count). The Morgan fingerprint density at radius 3 is 1.58 bits per heavy atom. The molecule has 1 spiro atoms. The van der Waals surface area contributed by atoms with E-state index in [0.29, 0.717) is 0 Å². The molecule has 12 aromatic rings. The van der Waals surface area contributed by atoms with Gasteiger partial charge in [-0.05, 0) is 87.5 Å². The molecule has 0 N–H and O–H groups in total. The molecule has 0 saturated heterocycles. The molecular formula is C55H31NO3. The smallest absolute Gasteiger partial charge is 0.143 e. The first-order valence-corrected chi connectivity index (χ1v) is 20.2. The lowest BCUT2D eigenvalue weighted by atomic mass is 9.70. The number of hydrogen-bond acceptors (Lipinski definition) is 4. The van der Waals surface area contributed by atoms with E-state index in [-0.39, 0.29) is 0 Å². The number of anilines is 3. The minimum atomic E-state index is -0.457. The molecule has 4 nitrogen and oxygen atoms in total. The second-order valence-electron chi connectivity index (χ2n) is 15.9. The molecule has 0 bridgehead atoms. The van der Waals surface area contributed by atoms with Crippen LogP contribution in [0.25, 0.3) is 88.1 Å². The van der Waals surface area contributed by atoms with Crippen molar-refractivity contribution in [3.63, 3.8) is 0 Å². The van der Waals surface area contributed by atoms with Gasteiger partial charge in [-0.15, -0.1) is 0 Å². The van der Waals surface area contributed by atoms with Crippen LogP contribution in [0.2, 0.25) is 0 Å². The molecule has 3 heterocycles. The summed E-state index contributed by atoms with van der Waals surface area (Å²) in [6.07, 6.45) is 0. The Bertz CT molecular complexity index is 3720. The largest absolute Gasteiger partial charge is 0.456 e. The van der Waals surface area contributed by atoms with Crippen molar-refractivity contribution in [1.82, 2.24) is 0 Å². The van der Waals surface area contributed by atoms with Crippen molar-refractivity contribution in [2.24, 2.45) is 0 Å². The van der Waals surface area contributed by atoms with E-state index in [1.54, 1.807) is 0 Å². The van der Waals surface area contributed by atoms with Gasteiger partial charge in [0.2, 0.25) is 0 Å². The van der Waals surface area contributed by atoms with Gasteiger partial charge in [-0.1, -0.05) is 133 Å². The van der Waals surface area contributed by atoms with Crippen molar-refractivity contribution in [1.29, 1.82) is 0 Å². The van der Waals surface area contributed by atoms with Crippen LogP contribution >= 0.6 is 0 Å². The fourth-order valence-corrected chi connectivity index (χ4v) is 10.8. The minimum absolute atomic E-state index is 0.457. The van der Waals surface area contributed by atoms with E-state index in [0.717, 1.165) is 88.4 Å². The number of furan rings is 3. The van der Waals surface area contributed by atoms with Crippen LogP contribution in [0.1, 0.15) is 22.3 Å². The van der Waals surface area contributed by atoms with Gasteiger partial charge in [0.15, 0.2) is 0 Å². The number of benzene rings is 9. The predicted molar refractivity (Wildman–Crippen MR) is 239 cm³/mol. The first-order chi connectivity index (χ1) is 29.3. The van der Waals surface area contributed by atoms with E-state index in [9.17, 15) is 0 Å². The highest BCUT2D eigenvalue weighted by Gasteiger charge is 2.52. The lowest BCUT2D eigenvalue weighted by Crippen LogP contribution is -2.25. The molecule has 0 amide bonds. The Hall–Kier alpha value is -7.82. The van der Waals surface area contributed by atoms with E-state index >= 15 is 0 Å². The van der Waals surface area contributed by atoms with Crippen LogP contribution in [-0.2, 0) is 5.41 Å². The summed E-state index contributed by atoms with van der Waals surface area (Å²) in [6, 6.07) is 67.4. The van der Waals surface area contributed by atoms with Gasteiger partial charge in [-0.2, -0.15) is 0 Å². The fraction of sp³-hybridized carbons (Fsp3) is 0.0182. The second kappa shape index (κ2) is 11.2. The third-order valence-corrected chi connectivity index (χ3v) is 13.1. The second-order valence-corrected chi connectivity index (χ2v) is 15.9. The third-order valence-electron chi connectivity index (χ3n) is 13.1. The first-order valence-electron chi connectivity index (χ1n) is 20.2. The van der Waals surface area contributed by atoms with Crippen LogP contribution in [0.5, 0.6) is 0 Å². The molecule has 0 atom stereocenters. The van der Waals surface area contributed by atoms with Crippen LogP contribution in [0, 0.1) is 0 Å². The lowest BCUT2D eigenvalue weighted by Gasteiger charge is -2.30. The monoisotopic (exact) mass is 753 g/mol. The summed E-state index contributed by atoms with van der Waals surface area (Å²) in [7, 11) is 0. The van der Waals surface area contributed by atoms with Gasteiger partial charge in [0.05, 0.1) is 27.6 Å². The molecule has 0 radical (unpaired) electrons. The number of fused-ring (bicyclic) bond motifs is 20. The average molecular weight is 754 g/mol. The zero-order valence-corrected chi connectivity index (χ0v) is 31.6. The topological polar surface area (TPSA) is 42.7 Å². The van der Waals surface area contributed by atoms with Crippen molar-refractivity contribution in [2.45, 2.75) is 5.41 Å². The Balaban J connectivity index is 1.08. The van der Waals surface area contributed by atoms with E-state index < -0.39 is 5.41 Å². The van der Waals surface area contributed by atoms with E-state index in [1.807, 2.05) is 24.3 Å². The molecular weight excluding hydrogens is 723 g/mol. The normalized spacial score (nSPS) is 13.6. The average Bonchev–Trinajstić information content (AvgIpc) is 4.09. The predicted octanol–water partition coefficient (Wildman–Crippen LogP) is 15.2. The quantitative estimate of drug-likeness (QED) is 0.180. The summed E-state index contributed by atoms with van der Waals surface area (Å²) in [4.78, 5) is 2.36. The molecule has 2 aliphatic carbocycles.